The summed E-state index contributed by atoms with van der Waals surface area (Å²) in [6.45, 7) is 8.09. The van der Waals surface area contributed by atoms with Crippen molar-refractivity contribution in [2.45, 2.75) is 39.7 Å². The number of anilines is 1. The summed E-state index contributed by atoms with van der Waals surface area (Å²) in [5, 5.41) is 0. The maximum atomic E-state index is 13.0. The zero-order chi connectivity index (χ0) is 18.5. The van der Waals surface area contributed by atoms with Crippen LogP contribution >= 0.6 is 0 Å². The Morgan fingerprint density at radius 2 is 1.96 bits per heavy atom. The van der Waals surface area contributed by atoms with Gasteiger partial charge in [0.1, 0.15) is 12.4 Å². The van der Waals surface area contributed by atoms with Crippen molar-refractivity contribution in [3.63, 3.8) is 0 Å². The molecule has 2 aromatic rings. The van der Waals surface area contributed by atoms with Gasteiger partial charge in [0, 0.05) is 24.4 Å². The van der Waals surface area contributed by atoms with E-state index in [-0.39, 0.29) is 12.0 Å². The van der Waals surface area contributed by atoms with Crippen LogP contribution in [0.15, 0.2) is 42.5 Å². The minimum absolute atomic E-state index is 0.00637. The van der Waals surface area contributed by atoms with Crippen LogP contribution in [0.25, 0.3) is 0 Å². The standard InChI is InChI=1S/C22H27NO3/c1-4-23(21-14-16(2)7-8-17(21)3)22(24)18-9-11-19(12-10-18)26-15-20-6-5-13-25-20/h7-12,14,20H,4-6,13,15H2,1-3H3. The first-order chi connectivity index (χ1) is 12.6. The molecule has 1 atom stereocenters. The minimum Gasteiger partial charge on any atom is -0.491 e. The van der Waals surface area contributed by atoms with Crippen molar-refractivity contribution in [1.29, 1.82) is 0 Å². The number of nitrogens with zero attached hydrogens (tertiary/aromatic N) is 1. The Morgan fingerprint density at radius 3 is 2.62 bits per heavy atom. The van der Waals surface area contributed by atoms with Crippen molar-refractivity contribution in [3.05, 3.63) is 59.2 Å². The van der Waals surface area contributed by atoms with E-state index in [1.54, 1.807) is 0 Å². The van der Waals surface area contributed by atoms with Gasteiger partial charge in [-0.25, -0.2) is 0 Å². The lowest BCUT2D eigenvalue weighted by atomic mass is 10.1. The van der Waals surface area contributed by atoms with Gasteiger partial charge >= 0.3 is 0 Å². The van der Waals surface area contributed by atoms with Gasteiger partial charge in [0.15, 0.2) is 0 Å². The van der Waals surface area contributed by atoms with E-state index in [1.807, 2.05) is 49.9 Å². The zero-order valence-electron chi connectivity index (χ0n) is 15.8. The van der Waals surface area contributed by atoms with Gasteiger partial charge < -0.3 is 14.4 Å². The van der Waals surface area contributed by atoms with Gasteiger partial charge in [-0.15, -0.1) is 0 Å². The maximum absolute atomic E-state index is 13.0. The Balaban J connectivity index is 1.70. The molecule has 3 rings (SSSR count). The van der Waals surface area contributed by atoms with Crippen molar-refractivity contribution in [2.75, 3.05) is 24.7 Å². The first-order valence-corrected chi connectivity index (χ1v) is 9.32. The lowest BCUT2D eigenvalue weighted by molar-refractivity contribution is 0.0679. The zero-order valence-corrected chi connectivity index (χ0v) is 15.8. The molecule has 0 saturated carbocycles. The molecule has 138 valence electrons. The van der Waals surface area contributed by atoms with Crippen LogP contribution in [0.5, 0.6) is 5.75 Å². The van der Waals surface area contributed by atoms with Crippen molar-refractivity contribution in [1.82, 2.24) is 0 Å². The Kier molecular flexibility index (Phi) is 5.94. The summed E-state index contributed by atoms with van der Waals surface area (Å²) < 4.78 is 11.3. The Morgan fingerprint density at radius 1 is 1.19 bits per heavy atom. The number of hydrogen-bond donors (Lipinski definition) is 0. The summed E-state index contributed by atoms with van der Waals surface area (Å²) in [7, 11) is 0. The van der Waals surface area contributed by atoms with Crippen LogP contribution in [0.1, 0.15) is 41.3 Å². The van der Waals surface area contributed by atoms with E-state index in [0.717, 1.165) is 42.0 Å². The predicted octanol–water partition coefficient (Wildman–Crippen LogP) is 4.53. The summed E-state index contributed by atoms with van der Waals surface area (Å²) in [6.07, 6.45) is 2.35. The molecule has 0 aromatic heterocycles. The quantitative estimate of drug-likeness (QED) is 0.766. The smallest absolute Gasteiger partial charge is 0.258 e. The van der Waals surface area contributed by atoms with Gasteiger partial charge in [-0.3, -0.25) is 4.79 Å². The number of carbonyl (C=O) groups excluding carboxylic acids is 1. The third kappa shape index (κ3) is 4.25. The number of ether oxygens (including phenoxy) is 2. The highest BCUT2D eigenvalue weighted by Gasteiger charge is 2.19. The van der Waals surface area contributed by atoms with Gasteiger partial charge in [0.2, 0.25) is 0 Å². The normalized spacial score (nSPS) is 16.5. The molecule has 1 heterocycles. The fourth-order valence-corrected chi connectivity index (χ4v) is 3.25. The van der Waals surface area contributed by atoms with Crippen LogP contribution in [0.4, 0.5) is 5.69 Å². The molecule has 1 aliphatic heterocycles. The second-order valence-corrected chi connectivity index (χ2v) is 6.81. The molecule has 1 fully saturated rings. The summed E-state index contributed by atoms with van der Waals surface area (Å²) in [6, 6.07) is 13.6. The third-order valence-corrected chi connectivity index (χ3v) is 4.78. The van der Waals surface area contributed by atoms with Crippen LogP contribution in [0.2, 0.25) is 0 Å². The largest absolute Gasteiger partial charge is 0.491 e. The number of amides is 1. The van der Waals surface area contributed by atoms with Gasteiger partial charge in [0.05, 0.1) is 6.10 Å². The van der Waals surface area contributed by atoms with E-state index >= 15 is 0 Å². The maximum Gasteiger partial charge on any atom is 0.258 e. The van der Waals surface area contributed by atoms with E-state index in [9.17, 15) is 4.79 Å². The van der Waals surface area contributed by atoms with Crippen molar-refractivity contribution >= 4 is 11.6 Å². The second kappa shape index (κ2) is 8.37. The molecule has 26 heavy (non-hydrogen) atoms. The lowest BCUT2D eigenvalue weighted by Gasteiger charge is -2.23. The third-order valence-electron chi connectivity index (χ3n) is 4.78. The molecule has 0 spiro atoms. The van der Waals surface area contributed by atoms with Gasteiger partial charge in [0.25, 0.3) is 5.91 Å². The number of rotatable bonds is 6. The average molecular weight is 353 g/mol. The van der Waals surface area contributed by atoms with E-state index in [4.69, 9.17) is 9.47 Å². The summed E-state index contributed by atoms with van der Waals surface area (Å²) in [4.78, 5) is 14.8. The van der Waals surface area contributed by atoms with Crippen LogP contribution in [0, 0.1) is 13.8 Å². The SMILES string of the molecule is CCN(C(=O)c1ccc(OCC2CCCO2)cc1)c1cc(C)ccc1C. The first kappa shape index (κ1) is 18.5. The Labute approximate surface area is 155 Å². The van der Waals surface area contributed by atoms with Crippen molar-refractivity contribution in [2.24, 2.45) is 0 Å². The number of hydrogen-bond acceptors (Lipinski definition) is 3. The van der Waals surface area contributed by atoms with Crippen LogP contribution in [-0.4, -0.2) is 31.8 Å². The fraction of sp³-hybridized carbons (Fsp3) is 0.409. The molecule has 0 N–H and O–H groups in total. The second-order valence-electron chi connectivity index (χ2n) is 6.81. The van der Waals surface area contributed by atoms with Crippen LogP contribution in [0.3, 0.4) is 0 Å². The van der Waals surface area contributed by atoms with E-state index in [2.05, 4.69) is 18.2 Å². The van der Waals surface area contributed by atoms with Crippen LogP contribution in [-0.2, 0) is 4.74 Å². The number of aryl methyl sites for hydroxylation is 2. The monoisotopic (exact) mass is 353 g/mol. The van der Waals surface area contributed by atoms with E-state index in [0.29, 0.717) is 18.7 Å². The molecule has 2 aromatic carbocycles. The molecule has 1 amide bonds. The molecule has 4 nitrogen and oxygen atoms in total. The minimum atomic E-state index is 0.00637. The van der Waals surface area contributed by atoms with Gasteiger partial charge in [-0.05, 0) is 75.1 Å². The molecular formula is C22H27NO3. The summed E-state index contributed by atoms with van der Waals surface area (Å²) >= 11 is 0. The molecule has 4 heteroatoms. The average Bonchev–Trinajstić information content (AvgIpc) is 3.17. The number of carbonyl (C=O) groups is 1. The highest BCUT2D eigenvalue weighted by Crippen LogP contribution is 2.24. The van der Waals surface area contributed by atoms with Crippen LogP contribution < -0.4 is 9.64 Å². The van der Waals surface area contributed by atoms with Gasteiger partial charge in [-0.2, -0.15) is 0 Å². The van der Waals surface area contributed by atoms with Crippen molar-refractivity contribution in [3.8, 4) is 5.75 Å². The van der Waals surface area contributed by atoms with E-state index < -0.39 is 0 Å². The first-order valence-electron chi connectivity index (χ1n) is 9.32. The highest BCUT2D eigenvalue weighted by atomic mass is 16.5. The molecule has 0 aliphatic carbocycles. The molecule has 1 saturated heterocycles. The fourth-order valence-electron chi connectivity index (χ4n) is 3.25. The Hall–Kier alpha value is -2.33. The summed E-state index contributed by atoms with van der Waals surface area (Å²) in [5.74, 6) is 0.777. The topological polar surface area (TPSA) is 38.8 Å². The highest BCUT2D eigenvalue weighted by molar-refractivity contribution is 6.06. The molecule has 1 aliphatic rings. The summed E-state index contributed by atoms with van der Waals surface area (Å²) in [5.41, 5.74) is 3.88. The predicted molar refractivity (Wildman–Crippen MR) is 104 cm³/mol. The number of benzene rings is 2. The molecular weight excluding hydrogens is 326 g/mol. The van der Waals surface area contributed by atoms with Gasteiger partial charge in [-0.1, -0.05) is 12.1 Å². The molecule has 0 radical (unpaired) electrons. The molecule has 1 unspecified atom stereocenters. The molecule has 0 bridgehead atoms. The van der Waals surface area contributed by atoms with E-state index in [1.165, 1.54) is 0 Å². The lowest BCUT2D eigenvalue weighted by Crippen LogP contribution is -2.31. The Bertz CT molecular complexity index is 748. The van der Waals surface area contributed by atoms with Crippen molar-refractivity contribution < 1.29 is 14.3 Å².